The van der Waals surface area contributed by atoms with Crippen LogP contribution in [0.1, 0.15) is 18.1 Å². The topological polar surface area (TPSA) is 29.5 Å². The van der Waals surface area contributed by atoms with Gasteiger partial charge in [-0.2, -0.15) is 0 Å². The molecule has 0 saturated carbocycles. The van der Waals surface area contributed by atoms with Gasteiger partial charge in [0.25, 0.3) is 0 Å². The van der Waals surface area contributed by atoms with E-state index >= 15 is 0 Å². The van der Waals surface area contributed by atoms with Crippen molar-refractivity contribution in [2.45, 2.75) is 6.92 Å². The molecule has 0 aliphatic heterocycles. The molecule has 0 radical (unpaired) electrons. The highest BCUT2D eigenvalue weighted by atomic mass is 16.5. The maximum atomic E-state index is 11.9. The third kappa shape index (κ3) is 5.43. The molecule has 0 unspecified atom stereocenters. The zero-order valence-corrected chi connectivity index (χ0v) is 14.4. The van der Waals surface area contributed by atoms with Gasteiger partial charge < -0.3 is 9.64 Å². The maximum absolute atomic E-state index is 11.9. The van der Waals surface area contributed by atoms with Crippen LogP contribution in [0, 0.1) is 0 Å². The summed E-state index contributed by atoms with van der Waals surface area (Å²) >= 11 is 0. The van der Waals surface area contributed by atoms with Crippen LogP contribution in [-0.4, -0.2) is 26.5 Å². The molecule has 2 rings (SSSR count). The second-order valence-electron chi connectivity index (χ2n) is 5.56. The second-order valence-corrected chi connectivity index (χ2v) is 5.56. The van der Waals surface area contributed by atoms with Crippen LogP contribution in [0.4, 0.5) is 5.69 Å². The quantitative estimate of drug-likeness (QED) is 0.706. The van der Waals surface area contributed by atoms with E-state index in [4.69, 9.17) is 4.74 Å². The SMILES string of the molecule is CCOc1ccc(C=CC(=O)C=Cc2ccc(N(C)C)cc2)cc1. The lowest BCUT2D eigenvalue weighted by Crippen LogP contribution is -2.07. The van der Waals surface area contributed by atoms with Crippen LogP contribution < -0.4 is 9.64 Å². The number of hydrogen-bond acceptors (Lipinski definition) is 3. The molecule has 0 saturated heterocycles. The van der Waals surface area contributed by atoms with Crippen molar-refractivity contribution in [2.24, 2.45) is 0 Å². The van der Waals surface area contributed by atoms with Gasteiger partial charge in [0.1, 0.15) is 5.75 Å². The number of nitrogens with zero attached hydrogens (tertiary/aromatic N) is 1. The van der Waals surface area contributed by atoms with E-state index in [-0.39, 0.29) is 5.78 Å². The Labute approximate surface area is 143 Å². The molecule has 0 aliphatic rings. The molecule has 0 N–H and O–H groups in total. The van der Waals surface area contributed by atoms with Crippen molar-refractivity contribution in [3.63, 3.8) is 0 Å². The summed E-state index contributed by atoms with van der Waals surface area (Å²) in [5, 5.41) is 0. The van der Waals surface area contributed by atoms with Crippen LogP contribution in [0.2, 0.25) is 0 Å². The Morgan fingerprint density at radius 2 is 1.42 bits per heavy atom. The number of rotatable bonds is 7. The first-order chi connectivity index (χ1) is 11.6. The predicted molar refractivity (Wildman–Crippen MR) is 101 cm³/mol. The van der Waals surface area contributed by atoms with Gasteiger partial charge in [0.05, 0.1) is 6.61 Å². The van der Waals surface area contributed by atoms with Crippen molar-refractivity contribution in [1.82, 2.24) is 0 Å². The molecule has 2 aromatic carbocycles. The molecular weight excluding hydrogens is 298 g/mol. The van der Waals surface area contributed by atoms with E-state index in [1.807, 2.05) is 80.5 Å². The number of hydrogen-bond donors (Lipinski definition) is 0. The Bertz CT molecular complexity index is 711. The lowest BCUT2D eigenvalue weighted by atomic mass is 10.1. The number of anilines is 1. The Hall–Kier alpha value is -2.81. The fraction of sp³-hybridized carbons (Fsp3) is 0.190. The number of carbonyl (C=O) groups is 1. The van der Waals surface area contributed by atoms with Gasteiger partial charge in [-0.1, -0.05) is 36.4 Å². The Kier molecular flexibility index (Phi) is 6.38. The minimum Gasteiger partial charge on any atom is -0.494 e. The molecule has 0 fully saturated rings. The number of carbonyl (C=O) groups excluding carboxylic acids is 1. The number of ketones is 1. The summed E-state index contributed by atoms with van der Waals surface area (Å²) in [5.41, 5.74) is 3.10. The Morgan fingerprint density at radius 1 is 0.917 bits per heavy atom. The third-order valence-electron chi connectivity index (χ3n) is 3.48. The molecule has 0 amide bonds. The third-order valence-corrected chi connectivity index (χ3v) is 3.48. The van der Waals surface area contributed by atoms with E-state index in [1.54, 1.807) is 18.2 Å². The standard InChI is InChI=1S/C21H23NO2/c1-4-24-21-15-9-18(10-16-21)8-14-20(23)13-7-17-5-11-19(12-6-17)22(2)3/h5-16H,4H2,1-3H3. The Morgan fingerprint density at radius 3 is 1.88 bits per heavy atom. The van der Waals surface area contributed by atoms with Gasteiger partial charge in [-0.05, 0) is 54.5 Å². The summed E-state index contributed by atoms with van der Waals surface area (Å²) in [6.07, 6.45) is 6.78. The van der Waals surface area contributed by atoms with Gasteiger partial charge in [0, 0.05) is 19.8 Å². The van der Waals surface area contributed by atoms with Crippen LogP contribution in [0.3, 0.4) is 0 Å². The molecular formula is C21H23NO2. The number of ether oxygens (including phenoxy) is 1. The zero-order chi connectivity index (χ0) is 17.4. The zero-order valence-electron chi connectivity index (χ0n) is 14.4. The minimum atomic E-state index is -0.0411. The highest BCUT2D eigenvalue weighted by molar-refractivity contribution is 6.04. The van der Waals surface area contributed by atoms with Crippen molar-refractivity contribution >= 4 is 23.6 Å². The second kappa shape index (κ2) is 8.73. The molecule has 3 nitrogen and oxygen atoms in total. The van der Waals surface area contributed by atoms with Gasteiger partial charge in [-0.15, -0.1) is 0 Å². The van der Waals surface area contributed by atoms with Gasteiger partial charge >= 0.3 is 0 Å². The van der Waals surface area contributed by atoms with Crippen molar-refractivity contribution in [2.75, 3.05) is 25.6 Å². The van der Waals surface area contributed by atoms with E-state index in [1.165, 1.54) is 0 Å². The molecule has 24 heavy (non-hydrogen) atoms. The first kappa shape index (κ1) is 17.5. The van der Waals surface area contributed by atoms with Crippen LogP contribution in [-0.2, 0) is 4.79 Å². The van der Waals surface area contributed by atoms with Crippen LogP contribution >= 0.6 is 0 Å². The summed E-state index contributed by atoms with van der Waals surface area (Å²) < 4.78 is 5.39. The monoisotopic (exact) mass is 321 g/mol. The van der Waals surface area contributed by atoms with E-state index in [2.05, 4.69) is 0 Å². The molecule has 0 heterocycles. The van der Waals surface area contributed by atoms with Gasteiger partial charge in [-0.25, -0.2) is 0 Å². The number of benzene rings is 2. The van der Waals surface area contributed by atoms with Crippen LogP contribution in [0.5, 0.6) is 5.75 Å². The van der Waals surface area contributed by atoms with Gasteiger partial charge in [-0.3, -0.25) is 4.79 Å². The van der Waals surface area contributed by atoms with E-state index in [9.17, 15) is 4.79 Å². The largest absolute Gasteiger partial charge is 0.494 e. The minimum absolute atomic E-state index is 0.0411. The predicted octanol–water partition coefficient (Wildman–Crippen LogP) is 4.45. The summed E-state index contributed by atoms with van der Waals surface area (Å²) in [7, 11) is 4.00. The average Bonchev–Trinajstić information content (AvgIpc) is 2.60. The average molecular weight is 321 g/mol. The van der Waals surface area contributed by atoms with E-state index in [0.29, 0.717) is 6.61 Å². The van der Waals surface area contributed by atoms with Gasteiger partial charge in [0.2, 0.25) is 0 Å². The van der Waals surface area contributed by atoms with Gasteiger partial charge in [0.15, 0.2) is 5.78 Å². The summed E-state index contributed by atoms with van der Waals surface area (Å²) in [4.78, 5) is 14.0. The van der Waals surface area contributed by atoms with E-state index < -0.39 is 0 Å². The van der Waals surface area contributed by atoms with E-state index in [0.717, 1.165) is 22.6 Å². The Balaban J connectivity index is 1.94. The summed E-state index contributed by atoms with van der Waals surface area (Å²) in [6, 6.07) is 15.7. The molecule has 0 bridgehead atoms. The molecule has 124 valence electrons. The molecule has 0 aromatic heterocycles. The molecule has 2 aromatic rings. The molecule has 0 atom stereocenters. The molecule has 0 aliphatic carbocycles. The van der Waals surface area contributed by atoms with Crippen LogP contribution in [0.15, 0.2) is 60.7 Å². The van der Waals surface area contributed by atoms with Crippen molar-refractivity contribution < 1.29 is 9.53 Å². The lowest BCUT2D eigenvalue weighted by molar-refractivity contribution is -0.110. The fourth-order valence-corrected chi connectivity index (χ4v) is 2.14. The molecule has 0 spiro atoms. The first-order valence-electron chi connectivity index (χ1n) is 7.99. The van der Waals surface area contributed by atoms with Crippen molar-refractivity contribution in [1.29, 1.82) is 0 Å². The lowest BCUT2D eigenvalue weighted by Gasteiger charge is -2.11. The van der Waals surface area contributed by atoms with Crippen molar-refractivity contribution in [3.05, 3.63) is 71.8 Å². The first-order valence-corrected chi connectivity index (χ1v) is 7.99. The summed E-state index contributed by atoms with van der Waals surface area (Å²) in [6.45, 7) is 2.60. The van der Waals surface area contributed by atoms with Crippen LogP contribution in [0.25, 0.3) is 12.2 Å². The highest BCUT2D eigenvalue weighted by Gasteiger charge is 1.95. The maximum Gasteiger partial charge on any atom is 0.178 e. The normalized spacial score (nSPS) is 11.1. The fourth-order valence-electron chi connectivity index (χ4n) is 2.14. The highest BCUT2D eigenvalue weighted by Crippen LogP contribution is 2.14. The van der Waals surface area contributed by atoms with Crippen molar-refractivity contribution in [3.8, 4) is 5.75 Å². The summed E-state index contributed by atoms with van der Waals surface area (Å²) in [5.74, 6) is 0.794. The smallest absolute Gasteiger partial charge is 0.178 e. The molecule has 3 heteroatoms. The number of allylic oxidation sites excluding steroid dienone is 2.